The zero-order chi connectivity index (χ0) is 23.5. The Morgan fingerprint density at radius 2 is 1.85 bits per heavy atom. The molecule has 0 saturated heterocycles. The van der Waals surface area contributed by atoms with Crippen molar-refractivity contribution in [2.24, 2.45) is 0 Å². The summed E-state index contributed by atoms with van der Waals surface area (Å²) >= 11 is 5.20. The molecule has 0 atom stereocenters. The molecule has 0 bridgehead atoms. The van der Waals surface area contributed by atoms with Crippen molar-refractivity contribution >= 4 is 39.7 Å². The van der Waals surface area contributed by atoms with E-state index in [-0.39, 0.29) is 29.6 Å². The number of ether oxygens (including phenoxy) is 2. The van der Waals surface area contributed by atoms with Crippen LogP contribution in [0.5, 0.6) is 11.5 Å². The van der Waals surface area contributed by atoms with E-state index in [1.807, 2.05) is 48.5 Å². The summed E-state index contributed by atoms with van der Waals surface area (Å²) < 4.78 is 12.1. The maximum atomic E-state index is 10.9. The molecule has 0 aliphatic carbocycles. The molecule has 1 heterocycles. The van der Waals surface area contributed by atoms with Crippen molar-refractivity contribution in [2.75, 3.05) is 13.7 Å². The Morgan fingerprint density at radius 3 is 2.56 bits per heavy atom. The molecule has 0 spiro atoms. The Bertz CT molecular complexity index is 1090. The smallest absolute Gasteiger partial charge is 0.545 e. The normalized spacial score (nSPS) is 10.6. The number of pyridine rings is 1. The molecule has 0 saturated carbocycles. The van der Waals surface area contributed by atoms with Gasteiger partial charge in [-0.1, -0.05) is 24.3 Å². The van der Waals surface area contributed by atoms with Crippen molar-refractivity contribution in [1.82, 2.24) is 4.98 Å². The number of aromatic nitrogens is 1. The topological polar surface area (TPSA) is 71.5 Å². The fraction of sp³-hybridized carbons (Fsp3) is 0.231. The second-order valence-electron chi connectivity index (χ2n) is 7.21. The fourth-order valence-corrected chi connectivity index (χ4v) is 4.57. The van der Waals surface area contributed by atoms with Crippen molar-refractivity contribution < 1.29 is 48.9 Å². The molecule has 1 aromatic heterocycles. The van der Waals surface area contributed by atoms with E-state index in [0.29, 0.717) is 23.8 Å². The van der Waals surface area contributed by atoms with Crippen LogP contribution in [0.3, 0.4) is 0 Å². The number of methoxy groups -OCH3 is 1. The molecule has 3 aromatic rings. The molecule has 34 heavy (non-hydrogen) atoms. The number of unbranched alkanes of at least 4 members (excludes halogenated alkanes) is 1. The third kappa shape index (κ3) is 9.47. The van der Waals surface area contributed by atoms with E-state index < -0.39 is 5.97 Å². The number of carboxylic acids is 1. The van der Waals surface area contributed by atoms with Gasteiger partial charge in [-0.15, -0.1) is 11.8 Å². The third-order valence-electron chi connectivity index (χ3n) is 4.81. The van der Waals surface area contributed by atoms with Gasteiger partial charge in [-0.05, 0) is 89.3 Å². The quantitative estimate of drug-likeness (QED) is 0.149. The molecule has 5 nitrogen and oxygen atoms in total. The minimum atomic E-state index is -1.27. The van der Waals surface area contributed by atoms with Gasteiger partial charge in [0.25, 0.3) is 0 Å². The van der Waals surface area contributed by atoms with Gasteiger partial charge in [0.2, 0.25) is 0 Å². The van der Waals surface area contributed by atoms with Crippen LogP contribution in [0, 0.1) is 0 Å². The molecule has 0 unspecified atom stereocenters. The molecule has 0 fully saturated rings. The van der Waals surface area contributed by atoms with Crippen LogP contribution in [0.15, 0.2) is 76.1 Å². The van der Waals surface area contributed by atoms with Gasteiger partial charge in [-0.3, -0.25) is 0 Å². The number of carboxylic acid groups (broad SMARTS) is 1. The largest absolute Gasteiger partial charge is 1.00 e. The number of carbonyl (C=O) groups is 1. The van der Waals surface area contributed by atoms with Gasteiger partial charge in [0.15, 0.2) is 0 Å². The number of thioether (sulfide) groups is 1. The van der Waals surface area contributed by atoms with E-state index in [2.05, 4.69) is 33.0 Å². The van der Waals surface area contributed by atoms with E-state index in [1.165, 1.54) is 11.6 Å². The Morgan fingerprint density at radius 1 is 1.09 bits per heavy atom. The molecule has 0 radical (unpaired) electrons. The number of halogens is 1. The van der Waals surface area contributed by atoms with Crippen LogP contribution >= 0.6 is 27.7 Å². The number of aryl methyl sites for hydroxylation is 1. The summed E-state index contributed by atoms with van der Waals surface area (Å²) in [6.07, 6.45) is 5.20. The van der Waals surface area contributed by atoms with Crippen molar-refractivity contribution in [3.8, 4) is 11.5 Å². The Hall–Kier alpha value is -1.77. The van der Waals surface area contributed by atoms with Crippen LogP contribution < -0.4 is 44.1 Å². The average Bonchev–Trinajstić information content (AvgIpc) is 2.83. The minimum Gasteiger partial charge on any atom is -0.545 e. The molecular formula is C26H25BrNNaO4S. The van der Waals surface area contributed by atoms with Crippen LogP contribution in [0.25, 0.3) is 6.08 Å². The predicted molar refractivity (Wildman–Crippen MR) is 133 cm³/mol. The summed E-state index contributed by atoms with van der Waals surface area (Å²) in [4.78, 5) is 16.6. The van der Waals surface area contributed by atoms with Crippen molar-refractivity contribution in [3.63, 3.8) is 0 Å². The first-order chi connectivity index (χ1) is 16.0. The van der Waals surface area contributed by atoms with E-state index in [9.17, 15) is 9.90 Å². The second-order valence-corrected chi connectivity index (χ2v) is 9.08. The molecule has 0 N–H and O–H groups in total. The summed E-state index contributed by atoms with van der Waals surface area (Å²) in [7, 11) is 1.66. The van der Waals surface area contributed by atoms with Crippen LogP contribution in [-0.4, -0.2) is 24.7 Å². The van der Waals surface area contributed by atoms with Crippen LogP contribution in [0.4, 0.5) is 0 Å². The van der Waals surface area contributed by atoms with Crippen molar-refractivity contribution in [2.45, 2.75) is 29.9 Å². The average molecular weight is 550 g/mol. The number of aliphatic carboxylic acids is 1. The number of nitrogens with zero attached hydrogens (tertiary/aromatic N) is 1. The minimum absolute atomic E-state index is 0. The molecule has 0 aliphatic rings. The van der Waals surface area contributed by atoms with E-state index in [0.717, 1.165) is 46.2 Å². The van der Waals surface area contributed by atoms with Gasteiger partial charge >= 0.3 is 29.6 Å². The summed E-state index contributed by atoms with van der Waals surface area (Å²) in [5.74, 6) is 0.795. The summed E-state index contributed by atoms with van der Waals surface area (Å²) in [5, 5.41) is 10.9. The maximum Gasteiger partial charge on any atom is 1.00 e. The monoisotopic (exact) mass is 549 g/mol. The van der Waals surface area contributed by atoms with E-state index in [1.54, 1.807) is 18.9 Å². The van der Waals surface area contributed by atoms with Gasteiger partial charge in [0.05, 0.1) is 25.4 Å². The van der Waals surface area contributed by atoms with Crippen molar-refractivity contribution in [1.29, 1.82) is 0 Å². The predicted octanol–water partition coefficient (Wildman–Crippen LogP) is 2.31. The molecule has 0 aliphatic heterocycles. The second kappa shape index (κ2) is 15.3. The first-order valence-corrected chi connectivity index (χ1v) is 12.3. The first-order valence-electron chi connectivity index (χ1n) is 10.6. The van der Waals surface area contributed by atoms with E-state index >= 15 is 0 Å². The molecule has 2 aromatic carbocycles. The van der Waals surface area contributed by atoms with E-state index in [4.69, 9.17) is 9.47 Å². The number of rotatable bonds is 12. The summed E-state index contributed by atoms with van der Waals surface area (Å²) in [6, 6.07) is 19.8. The molecular weight excluding hydrogens is 525 g/mol. The zero-order valence-corrected chi connectivity index (χ0v) is 23.7. The van der Waals surface area contributed by atoms with Crippen molar-refractivity contribution in [3.05, 3.63) is 88.2 Å². The molecule has 172 valence electrons. The molecule has 0 amide bonds. The maximum absolute atomic E-state index is 10.9. The Labute approximate surface area is 235 Å². The van der Waals surface area contributed by atoms with Gasteiger partial charge in [0.1, 0.15) is 17.2 Å². The van der Waals surface area contributed by atoms with Crippen LogP contribution in [-0.2, 0) is 17.0 Å². The molecule has 8 heteroatoms. The Kier molecular flexibility index (Phi) is 12.8. The van der Waals surface area contributed by atoms with Crippen LogP contribution in [0.2, 0.25) is 0 Å². The van der Waals surface area contributed by atoms with Gasteiger partial charge in [0, 0.05) is 15.1 Å². The summed E-state index contributed by atoms with van der Waals surface area (Å²) in [5.41, 5.74) is 2.57. The standard InChI is InChI=1S/C26H26BrNO4S.Na/c1-31-21-12-9-19(10-13-21)6-4-5-17-32-24-15-11-20(28-23(24)14-16-26(29)30)18-33-25-8-3-2-7-22(25)27;/h2-3,7-16H,4-6,17-18H2,1H3,(H,29,30);/q;+1/p-1/b16-14+;. The number of hydrogen-bond donors (Lipinski definition) is 0. The number of carbonyl (C=O) groups excluding carboxylic acids is 1. The first kappa shape index (κ1) is 28.5. The Balaban J connectivity index is 0.00000408. The zero-order valence-electron chi connectivity index (χ0n) is 19.3. The fourth-order valence-electron chi connectivity index (χ4n) is 3.09. The summed E-state index contributed by atoms with van der Waals surface area (Å²) in [6.45, 7) is 0.523. The van der Waals surface area contributed by atoms with Gasteiger partial charge in [-0.2, -0.15) is 0 Å². The SMILES string of the molecule is COc1ccc(CCCCOc2ccc(CSc3ccccc3Br)nc2/C=C/C(=O)[O-])cc1.[Na+]. The van der Waals surface area contributed by atoms with Crippen LogP contribution in [0.1, 0.15) is 29.8 Å². The number of hydrogen-bond acceptors (Lipinski definition) is 6. The van der Waals surface area contributed by atoms with Gasteiger partial charge < -0.3 is 19.4 Å². The van der Waals surface area contributed by atoms with Gasteiger partial charge in [-0.25, -0.2) is 4.98 Å². The number of benzene rings is 2. The molecule has 3 rings (SSSR count). The third-order valence-corrected chi connectivity index (χ3v) is 6.87.